The molecule has 0 radical (unpaired) electrons. The first kappa shape index (κ1) is 32.1. The van der Waals surface area contributed by atoms with Gasteiger partial charge in [0.05, 0.1) is 36.2 Å². The Morgan fingerprint density at radius 1 is 0.702 bits per heavy atom. The SMILES string of the molecule is CCN(CC)CCCNc1ccc2ncc(-c3cnn(C)c3)n2n1.Cn1cc(-c2cnc3ccc(NCCN4CCCC4)nn23)cn1. The van der Waals surface area contributed by atoms with Crippen LogP contribution >= 0.6 is 0 Å². The molecule has 0 atom stereocenters. The molecule has 1 saturated heterocycles. The summed E-state index contributed by atoms with van der Waals surface area (Å²) >= 11 is 0. The fraction of sp³-hybridized carbons (Fsp3) is 0.455. The Morgan fingerprint density at radius 2 is 1.23 bits per heavy atom. The molecule has 14 nitrogen and oxygen atoms in total. The summed E-state index contributed by atoms with van der Waals surface area (Å²) in [4.78, 5) is 13.7. The van der Waals surface area contributed by atoms with E-state index in [0.29, 0.717) is 0 Å². The molecule has 6 aromatic heterocycles. The predicted octanol–water partition coefficient (Wildman–Crippen LogP) is 3.91. The molecule has 6 aromatic rings. The van der Waals surface area contributed by atoms with Gasteiger partial charge in [0.25, 0.3) is 0 Å². The molecule has 0 amide bonds. The number of anilines is 2. The van der Waals surface area contributed by atoms with E-state index in [9.17, 15) is 0 Å². The molecule has 248 valence electrons. The minimum Gasteiger partial charge on any atom is -0.369 e. The number of nitrogens with zero attached hydrogens (tertiary/aromatic N) is 12. The summed E-state index contributed by atoms with van der Waals surface area (Å²) < 4.78 is 7.30. The van der Waals surface area contributed by atoms with Crippen molar-refractivity contribution in [3.05, 3.63) is 61.4 Å². The third kappa shape index (κ3) is 7.95. The van der Waals surface area contributed by atoms with E-state index in [-0.39, 0.29) is 0 Å². The molecular formula is C33H46N14. The summed E-state index contributed by atoms with van der Waals surface area (Å²) in [7, 11) is 3.81. The first-order valence-corrected chi connectivity index (χ1v) is 16.6. The van der Waals surface area contributed by atoms with Gasteiger partial charge in [-0.15, -0.1) is 10.2 Å². The van der Waals surface area contributed by atoms with Crippen molar-refractivity contribution in [2.24, 2.45) is 14.1 Å². The minimum atomic E-state index is 0.836. The van der Waals surface area contributed by atoms with Gasteiger partial charge in [0.1, 0.15) is 11.6 Å². The van der Waals surface area contributed by atoms with Crippen LogP contribution in [0, 0.1) is 0 Å². The van der Waals surface area contributed by atoms with Gasteiger partial charge in [-0.05, 0) is 76.3 Å². The van der Waals surface area contributed by atoms with Crippen LogP contribution in [0.1, 0.15) is 33.1 Å². The predicted molar refractivity (Wildman–Crippen MR) is 185 cm³/mol. The number of hydrogen-bond donors (Lipinski definition) is 2. The normalized spacial score (nSPS) is 13.5. The Kier molecular flexibility index (Phi) is 10.4. The lowest BCUT2D eigenvalue weighted by Crippen LogP contribution is -2.26. The number of hydrogen-bond acceptors (Lipinski definition) is 10. The average Bonchev–Trinajstić information content (AvgIpc) is 3.93. The molecular weight excluding hydrogens is 592 g/mol. The molecule has 0 saturated carbocycles. The van der Waals surface area contributed by atoms with E-state index in [4.69, 9.17) is 0 Å². The zero-order valence-electron chi connectivity index (χ0n) is 27.9. The molecule has 0 unspecified atom stereocenters. The summed E-state index contributed by atoms with van der Waals surface area (Å²) in [6.07, 6.45) is 15.0. The van der Waals surface area contributed by atoms with E-state index >= 15 is 0 Å². The third-order valence-corrected chi connectivity index (χ3v) is 8.51. The Labute approximate surface area is 275 Å². The molecule has 1 aliphatic rings. The molecule has 1 fully saturated rings. The molecule has 2 N–H and O–H groups in total. The fourth-order valence-electron chi connectivity index (χ4n) is 5.84. The second-order valence-corrected chi connectivity index (χ2v) is 11.9. The molecule has 7 rings (SSSR count). The largest absolute Gasteiger partial charge is 0.369 e. The van der Waals surface area contributed by atoms with E-state index in [1.165, 1.54) is 25.9 Å². The van der Waals surface area contributed by atoms with Crippen molar-refractivity contribution in [1.29, 1.82) is 0 Å². The number of fused-ring (bicyclic) bond motifs is 2. The zero-order valence-corrected chi connectivity index (χ0v) is 27.9. The van der Waals surface area contributed by atoms with Crippen LogP contribution in [-0.2, 0) is 14.1 Å². The molecule has 0 bridgehead atoms. The lowest BCUT2D eigenvalue weighted by molar-refractivity contribution is 0.303. The van der Waals surface area contributed by atoms with Gasteiger partial charge >= 0.3 is 0 Å². The first-order valence-electron chi connectivity index (χ1n) is 16.6. The number of nitrogens with one attached hydrogen (secondary N) is 2. The van der Waals surface area contributed by atoms with Crippen LogP contribution in [0.4, 0.5) is 11.6 Å². The summed E-state index contributed by atoms with van der Waals surface area (Å²) in [5.41, 5.74) is 5.61. The summed E-state index contributed by atoms with van der Waals surface area (Å²) in [6.45, 7) is 13.0. The Hall–Kier alpha value is -4.82. The van der Waals surface area contributed by atoms with E-state index in [2.05, 4.69) is 64.6 Å². The van der Waals surface area contributed by atoms with Crippen LogP contribution < -0.4 is 10.6 Å². The molecule has 0 aliphatic carbocycles. The van der Waals surface area contributed by atoms with E-state index in [1.807, 2.05) is 84.6 Å². The highest BCUT2D eigenvalue weighted by molar-refractivity contribution is 5.63. The van der Waals surface area contributed by atoms with E-state index in [0.717, 1.165) is 91.1 Å². The van der Waals surface area contributed by atoms with Crippen molar-refractivity contribution in [2.45, 2.75) is 33.1 Å². The summed E-state index contributed by atoms with van der Waals surface area (Å²) in [6, 6.07) is 7.94. The number of imidazole rings is 2. The molecule has 0 aromatic carbocycles. The van der Waals surface area contributed by atoms with Crippen molar-refractivity contribution >= 4 is 22.9 Å². The van der Waals surface area contributed by atoms with Gasteiger partial charge in [0, 0.05) is 57.3 Å². The second kappa shape index (κ2) is 15.2. The minimum absolute atomic E-state index is 0.836. The number of rotatable bonds is 13. The maximum Gasteiger partial charge on any atom is 0.154 e. The highest BCUT2D eigenvalue weighted by Gasteiger charge is 2.13. The maximum atomic E-state index is 4.67. The van der Waals surface area contributed by atoms with Crippen LogP contribution in [0.5, 0.6) is 0 Å². The van der Waals surface area contributed by atoms with Gasteiger partial charge in [0.15, 0.2) is 11.3 Å². The van der Waals surface area contributed by atoms with Gasteiger partial charge in [-0.1, -0.05) is 13.8 Å². The van der Waals surface area contributed by atoms with Crippen LogP contribution in [0.25, 0.3) is 33.8 Å². The summed E-state index contributed by atoms with van der Waals surface area (Å²) in [5.74, 6) is 1.74. The van der Waals surface area contributed by atoms with Gasteiger partial charge < -0.3 is 20.4 Å². The lowest BCUT2D eigenvalue weighted by Gasteiger charge is -2.17. The Balaban J connectivity index is 0.000000164. The highest BCUT2D eigenvalue weighted by atomic mass is 15.3. The molecule has 1 aliphatic heterocycles. The van der Waals surface area contributed by atoms with Crippen LogP contribution in [0.15, 0.2) is 61.4 Å². The van der Waals surface area contributed by atoms with Crippen molar-refractivity contribution in [3.8, 4) is 22.5 Å². The average molecular weight is 639 g/mol. The molecule has 0 spiro atoms. The fourth-order valence-corrected chi connectivity index (χ4v) is 5.84. The molecule has 7 heterocycles. The molecule has 47 heavy (non-hydrogen) atoms. The van der Waals surface area contributed by atoms with Crippen LogP contribution in [0.2, 0.25) is 0 Å². The van der Waals surface area contributed by atoms with Crippen LogP contribution in [0.3, 0.4) is 0 Å². The third-order valence-electron chi connectivity index (χ3n) is 8.51. The molecule has 14 heteroatoms. The second-order valence-electron chi connectivity index (χ2n) is 11.9. The number of aromatic nitrogens is 10. The zero-order chi connectivity index (χ0) is 32.6. The topological polar surface area (TPSA) is 127 Å². The van der Waals surface area contributed by atoms with Crippen molar-refractivity contribution in [2.75, 3.05) is 63.0 Å². The van der Waals surface area contributed by atoms with Gasteiger partial charge in [-0.2, -0.15) is 10.2 Å². The Bertz CT molecular complexity index is 1850. The maximum absolute atomic E-state index is 4.67. The van der Waals surface area contributed by atoms with Crippen molar-refractivity contribution < 1.29 is 0 Å². The van der Waals surface area contributed by atoms with Crippen molar-refractivity contribution in [1.82, 2.24) is 58.6 Å². The first-order chi connectivity index (χ1) is 23.0. The highest BCUT2D eigenvalue weighted by Crippen LogP contribution is 2.21. The van der Waals surface area contributed by atoms with E-state index < -0.39 is 0 Å². The monoisotopic (exact) mass is 638 g/mol. The lowest BCUT2D eigenvalue weighted by atomic mass is 10.3. The Morgan fingerprint density at radius 3 is 1.72 bits per heavy atom. The standard InChI is InChI=1S/C17H25N7.C16H21N7/c1-4-23(5-2)10-6-9-18-16-7-8-17-19-12-15(24(17)21-16)14-11-20-22(3)13-14;1-21-12-13(10-19-21)14-11-18-16-5-4-15(20-23(14)16)17-6-9-22-7-2-3-8-22/h7-8,11-13H,4-6,9-10H2,1-3H3,(H,18,21);4-5,10-12H,2-3,6-9H2,1H3,(H,17,20). The number of aryl methyl sites for hydroxylation is 2. The van der Waals surface area contributed by atoms with Gasteiger partial charge in [-0.3, -0.25) is 9.36 Å². The number of likely N-dealkylation sites (tertiary alicyclic amines) is 1. The van der Waals surface area contributed by atoms with Gasteiger partial charge in [-0.25, -0.2) is 19.0 Å². The van der Waals surface area contributed by atoms with Crippen molar-refractivity contribution in [3.63, 3.8) is 0 Å². The summed E-state index contributed by atoms with van der Waals surface area (Å²) in [5, 5.41) is 24.6. The van der Waals surface area contributed by atoms with E-state index in [1.54, 1.807) is 9.36 Å². The smallest absolute Gasteiger partial charge is 0.154 e. The van der Waals surface area contributed by atoms with Crippen LogP contribution in [-0.4, -0.2) is 111 Å². The quantitative estimate of drug-likeness (QED) is 0.180. The van der Waals surface area contributed by atoms with Gasteiger partial charge in [0.2, 0.25) is 0 Å².